The fourth-order valence-corrected chi connectivity index (χ4v) is 4.67. The summed E-state index contributed by atoms with van der Waals surface area (Å²) in [5.41, 5.74) is 3.87. The Morgan fingerprint density at radius 2 is 2.14 bits per heavy atom. The van der Waals surface area contributed by atoms with Crippen LogP contribution < -0.4 is 10.1 Å². The predicted octanol–water partition coefficient (Wildman–Crippen LogP) is 3.14. The molecule has 2 aromatic rings. The normalized spacial score (nSPS) is 18.7. The quantitative estimate of drug-likeness (QED) is 0.868. The molecule has 4 heterocycles. The molecule has 1 saturated heterocycles. The van der Waals surface area contributed by atoms with E-state index in [9.17, 15) is 4.79 Å². The van der Waals surface area contributed by atoms with E-state index in [1.807, 2.05) is 10.6 Å². The van der Waals surface area contributed by atoms with Crippen LogP contribution in [0.3, 0.4) is 0 Å². The Morgan fingerprint density at radius 1 is 1.28 bits per heavy atom. The Balaban J connectivity index is 1.41. The van der Waals surface area contributed by atoms with Crippen molar-refractivity contribution in [2.45, 2.75) is 51.0 Å². The van der Waals surface area contributed by atoms with Gasteiger partial charge < -0.3 is 19.4 Å². The van der Waals surface area contributed by atoms with Gasteiger partial charge in [-0.15, -0.1) is 0 Å². The first-order chi connectivity index (χ1) is 14.2. The summed E-state index contributed by atoms with van der Waals surface area (Å²) in [5.74, 6) is 2.80. The first-order valence-corrected chi connectivity index (χ1v) is 10.5. The van der Waals surface area contributed by atoms with Crippen LogP contribution in [0.2, 0.25) is 0 Å². The van der Waals surface area contributed by atoms with Crippen LogP contribution in [0.1, 0.15) is 59.0 Å². The summed E-state index contributed by atoms with van der Waals surface area (Å²) in [5, 5.41) is 3.03. The molecule has 0 bridgehead atoms. The van der Waals surface area contributed by atoms with Crippen LogP contribution in [0.4, 0.5) is 5.69 Å². The van der Waals surface area contributed by atoms with Gasteiger partial charge in [0.1, 0.15) is 23.1 Å². The SMILES string of the molecule is COc1ccc(C2CCOCC2)c2c1CC(NC(=O)c1cnc3n1CCCC3)=N2. The molecule has 0 atom stereocenters. The number of amides is 1. The van der Waals surface area contributed by atoms with Gasteiger partial charge in [0.05, 0.1) is 19.0 Å². The van der Waals surface area contributed by atoms with E-state index in [4.69, 9.17) is 14.5 Å². The third-order valence-electron chi connectivity index (χ3n) is 6.20. The van der Waals surface area contributed by atoms with Crippen LogP contribution >= 0.6 is 0 Å². The number of carbonyl (C=O) groups is 1. The Morgan fingerprint density at radius 3 is 2.97 bits per heavy atom. The van der Waals surface area contributed by atoms with Gasteiger partial charge in [-0.05, 0) is 43.2 Å². The lowest BCUT2D eigenvalue weighted by atomic mass is 9.89. The number of fused-ring (bicyclic) bond motifs is 2. The number of aromatic nitrogens is 2. The lowest BCUT2D eigenvalue weighted by Gasteiger charge is -2.24. The monoisotopic (exact) mass is 394 g/mol. The van der Waals surface area contributed by atoms with Crippen LogP contribution in [0.15, 0.2) is 23.3 Å². The number of rotatable bonds is 3. The first kappa shape index (κ1) is 18.4. The molecule has 0 unspecified atom stereocenters. The van der Waals surface area contributed by atoms with Gasteiger partial charge in [-0.25, -0.2) is 9.98 Å². The van der Waals surface area contributed by atoms with Crippen molar-refractivity contribution >= 4 is 17.4 Å². The van der Waals surface area contributed by atoms with E-state index in [0.29, 0.717) is 23.9 Å². The zero-order valence-corrected chi connectivity index (χ0v) is 16.7. The maximum atomic E-state index is 12.9. The molecule has 0 radical (unpaired) electrons. The molecule has 0 spiro atoms. The molecule has 152 valence electrons. The molecule has 3 aliphatic heterocycles. The Kier molecular flexibility index (Phi) is 4.83. The number of aryl methyl sites for hydroxylation is 1. The van der Waals surface area contributed by atoms with Crippen molar-refractivity contribution < 1.29 is 14.3 Å². The smallest absolute Gasteiger partial charge is 0.274 e. The number of carbonyl (C=O) groups excluding carboxylic acids is 1. The van der Waals surface area contributed by atoms with E-state index < -0.39 is 0 Å². The van der Waals surface area contributed by atoms with E-state index in [-0.39, 0.29) is 5.91 Å². The molecular weight excluding hydrogens is 368 g/mol. The number of hydrogen-bond acceptors (Lipinski definition) is 5. The minimum Gasteiger partial charge on any atom is -0.496 e. The van der Waals surface area contributed by atoms with Gasteiger partial charge >= 0.3 is 0 Å². The average Bonchev–Trinajstić information content (AvgIpc) is 3.38. The fourth-order valence-electron chi connectivity index (χ4n) is 4.67. The highest BCUT2D eigenvalue weighted by molar-refractivity contribution is 6.08. The molecular formula is C22H26N4O3. The second-order valence-corrected chi connectivity index (χ2v) is 7.93. The Bertz CT molecular complexity index is 973. The minimum atomic E-state index is -0.135. The molecule has 5 rings (SSSR count). The van der Waals surface area contributed by atoms with E-state index in [1.165, 1.54) is 5.56 Å². The lowest BCUT2D eigenvalue weighted by molar-refractivity contribution is 0.0854. The fraction of sp³-hybridized carbons (Fsp3) is 0.500. The number of amidine groups is 1. The number of hydrogen-bond donors (Lipinski definition) is 1. The molecule has 1 aromatic heterocycles. The summed E-state index contributed by atoms with van der Waals surface area (Å²) in [4.78, 5) is 22.2. The van der Waals surface area contributed by atoms with E-state index in [1.54, 1.807) is 13.3 Å². The van der Waals surface area contributed by atoms with Gasteiger partial charge in [0.15, 0.2) is 0 Å². The van der Waals surface area contributed by atoms with Gasteiger partial charge in [-0.2, -0.15) is 0 Å². The molecule has 1 fully saturated rings. The molecule has 0 aliphatic carbocycles. The summed E-state index contributed by atoms with van der Waals surface area (Å²) in [6.07, 6.45) is 7.41. The highest BCUT2D eigenvalue weighted by Crippen LogP contribution is 2.42. The average molecular weight is 394 g/mol. The van der Waals surface area contributed by atoms with Crippen LogP contribution in [-0.2, 0) is 24.1 Å². The van der Waals surface area contributed by atoms with Crippen molar-refractivity contribution in [3.63, 3.8) is 0 Å². The van der Waals surface area contributed by atoms with Crippen molar-refractivity contribution in [3.05, 3.63) is 41.0 Å². The van der Waals surface area contributed by atoms with Crippen molar-refractivity contribution in [1.82, 2.24) is 14.9 Å². The minimum absolute atomic E-state index is 0.135. The number of ether oxygens (including phenoxy) is 2. The van der Waals surface area contributed by atoms with E-state index in [0.717, 1.165) is 74.7 Å². The number of nitrogens with zero attached hydrogens (tertiary/aromatic N) is 3. The Labute approximate surface area is 170 Å². The number of methoxy groups -OCH3 is 1. The van der Waals surface area contributed by atoms with Crippen LogP contribution in [0, 0.1) is 0 Å². The number of benzene rings is 1. The maximum absolute atomic E-state index is 12.9. The van der Waals surface area contributed by atoms with Crippen molar-refractivity contribution in [3.8, 4) is 5.75 Å². The van der Waals surface area contributed by atoms with Gasteiger partial charge in [0, 0.05) is 38.2 Å². The van der Waals surface area contributed by atoms with Crippen molar-refractivity contribution in [2.75, 3.05) is 20.3 Å². The predicted molar refractivity (Wildman–Crippen MR) is 109 cm³/mol. The number of aliphatic imine (C=N–C) groups is 1. The van der Waals surface area contributed by atoms with Crippen LogP contribution in [0.25, 0.3) is 0 Å². The summed E-state index contributed by atoms with van der Waals surface area (Å²) >= 11 is 0. The molecule has 7 nitrogen and oxygen atoms in total. The van der Waals surface area contributed by atoms with E-state index >= 15 is 0 Å². The van der Waals surface area contributed by atoms with E-state index in [2.05, 4.69) is 16.4 Å². The molecule has 1 N–H and O–H groups in total. The van der Waals surface area contributed by atoms with Crippen LogP contribution in [-0.4, -0.2) is 41.6 Å². The third-order valence-corrected chi connectivity index (χ3v) is 6.20. The van der Waals surface area contributed by atoms with Gasteiger partial charge in [-0.1, -0.05) is 6.07 Å². The molecule has 1 amide bonds. The zero-order chi connectivity index (χ0) is 19.8. The van der Waals surface area contributed by atoms with Crippen molar-refractivity contribution in [1.29, 1.82) is 0 Å². The topological polar surface area (TPSA) is 77.7 Å². The van der Waals surface area contributed by atoms with Gasteiger partial charge in [0.2, 0.25) is 0 Å². The number of imidazole rings is 1. The second-order valence-electron chi connectivity index (χ2n) is 7.93. The standard InChI is InChI=1S/C22H26N4O3/c1-28-18-6-5-15(14-7-10-29-11-8-14)21-16(18)12-19(24-21)25-22(27)17-13-23-20-4-2-3-9-26(17)20/h5-6,13-14H,2-4,7-12H2,1H3,(H,24,25,27). The molecule has 1 aromatic carbocycles. The molecule has 29 heavy (non-hydrogen) atoms. The largest absolute Gasteiger partial charge is 0.496 e. The van der Waals surface area contributed by atoms with Crippen LogP contribution in [0.5, 0.6) is 5.75 Å². The molecule has 7 heteroatoms. The molecule has 0 saturated carbocycles. The highest BCUT2D eigenvalue weighted by Gasteiger charge is 2.28. The highest BCUT2D eigenvalue weighted by atomic mass is 16.5. The summed E-state index contributed by atoms with van der Waals surface area (Å²) < 4.78 is 13.1. The van der Waals surface area contributed by atoms with Gasteiger partial charge in [-0.3, -0.25) is 4.79 Å². The second kappa shape index (κ2) is 7.63. The first-order valence-electron chi connectivity index (χ1n) is 10.5. The number of nitrogens with one attached hydrogen (secondary N) is 1. The van der Waals surface area contributed by atoms with Crippen molar-refractivity contribution in [2.24, 2.45) is 4.99 Å². The Hall–Kier alpha value is -2.67. The molecule has 3 aliphatic rings. The lowest BCUT2D eigenvalue weighted by Crippen LogP contribution is -2.32. The summed E-state index contributed by atoms with van der Waals surface area (Å²) in [6.45, 7) is 2.42. The zero-order valence-electron chi connectivity index (χ0n) is 16.7. The third kappa shape index (κ3) is 3.33. The van der Waals surface area contributed by atoms with Gasteiger partial charge in [0.25, 0.3) is 5.91 Å². The summed E-state index contributed by atoms with van der Waals surface area (Å²) in [6, 6.07) is 4.15. The maximum Gasteiger partial charge on any atom is 0.274 e. The summed E-state index contributed by atoms with van der Waals surface area (Å²) in [7, 11) is 1.68.